The first-order chi connectivity index (χ1) is 15.9. The Morgan fingerprint density at radius 3 is 1.39 bits per heavy atom. The second kappa shape index (κ2) is 7.66. The molecule has 4 amide bonds. The van der Waals surface area contributed by atoms with Gasteiger partial charge in [0.05, 0.1) is 6.04 Å². The van der Waals surface area contributed by atoms with Crippen LogP contribution in [0.15, 0.2) is 54.6 Å². The Morgan fingerprint density at radius 2 is 1.00 bits per heavy atom. The second-order valence-electron chi connectivity index (χ2n) is 8.59. The van der Waals surface area contributed by atoms with Crippen LogP contribution in [0.3, 0.4) is 0 Å². The van der Waals surface area contributed by atoms with E-state index in [4.69, 9.17) is 0 Å². The van der Waals surface area contributed by atoms with Crippen LogP contribution in [0.25, 0.3) is 10.8 Å². The van der Waals surface area contributed by atoms with Gasteiger partial charge in [0, 0.05) is 39.1 Å². The minimum absolute atomic E-state index is 0.203. The van der Waals surface area contributed by atoms with E-state index >= 15 is 0 Å². The van der Waals surface area contributed by atoms with Gasteiger partial charge in [-0.15, -0.1) is 0 Å². The molecule has 3 aromatic carbocycles. The van der Waals surface area contributed by atoms with Crippen LogP contribution in [0.4, 0.5) is 0 Å². The predicted octanol–water partition coefficient (Wildman–Crippen LogP) is 4.98. The summed E-state index contributed by atoms with van der Waals surface area (Å²) in [5.41, 5.74) is 2.25. The molecule has 0 spiro atoms. The lowest BCUT2D eigenvalue weighted by atomic mass is 9.84. The van der Waals surface area contributed by atoms with Crippen molar-refractivity contribution in [3.63, 3.8) is 0 Å². The molecule has 0 aliphatic carbocycles. The van der Waals surface area contributed by atoms with E-state index in [9.17, 15) is 19.2 Å². The molecule has 33 heavy (non-hydrogen) atoms. The molecule has 1 unspecified atom stereocenters. The summed E-state index contributed by atoms with van der Waals surface area (Å²) >= 11 is 0. The van der Waals surface area contributed by atoms with Crippen molar-refractivity contribution in [2.45, 2.75) is 45.7 Å². The third-order valence-corrected chi connectivity index (χ3v) is 6.93. The highest BCUT2D eigenvalue weighted by atomic mass is 16.2. The van der Waals surface area contributed by atoms with Gasteiger partial charge in [-0.05, 0) is 49.6 Å². The average Bonchev–Trinajstić information content (AvgIpc) is 2.84. The van der Waals surface area contributed by atoms with E-state index in [0.717, 1.165) is 5.56 Å². The molecule has 6 nitrogen and oxygen atoms in total. The largest absolute Gasteiger partial charge is 0.271 e. The minimum atomic E-state index is -0.463. The molecule has 2 aliphatic rings. The van der Waals surface area contributed by atoms with E-state index in [-0.39, 0.29) is 17.9 Å². The van der Waals surface area contributed by atoms with Crippen molar-refractivity contribution >= 4 is 34.4 Å². The lowest BCUT2D eigenvalue weighted by Crippen LogP contribution is -2.47. The highest BCUT2D eigenvalue weighted by Gasteiger charge is 2.42. The summed E-state index contributed by atoms with van der Waals surface area (Å²) < 4.78 is 0. The molecule has 6 heteroatoms. The predicted molar refractivity (Wildman–Crippen MR) is 124 cm³/mol. The van der Waals surface area contributed by atoms with Crippen molar-refractivity contribution < 1.29 is 19.2 Å². The normalized spacial score (nSPS) is 16.2. The Labute approximate surface area is 191 Å². The molecule has 1 atom stereocenters. The zero-order chi connectivity index (χ0) is 23.4. The van der Waals surface area contributed by atoms with E-state index in [2.05, 4.69) is 0 Å². The summed E-state index contributed by atoms with van der Waals surface area (Å²) in [5, 5.41) is 0.818. The fourth-order valence-corrected chi connectivity index (χ4v) is 5.13. The molecule has 2 heterocycles. The van der Waals surface area contributed by atoms with Crippen LogP contribution in [0, 0.1) is 0 Å². The van der Waals surface area contributed by atoms with Crippen LogP contribution < -0.4 is 0 Å². The summed E-state index contributed by atoms with van der Waals surface area (Å²) in [6, 6.07) is 15.2. The standard InChI is InChI=1S/C27H24N2O4/c1-4-17(5-2)29-26(32)20-13-11-18-22-19(12-14-21(23(20)22)27(29)33)25(31)28(24(18)30)15(3)16-9-7-6-8-10-16/h6-15,17H,4-5H2,1-3H3. The van der Waals surface area contributed by atoms with E-state index in [1.54, 1.807) is 24.3 Å². The molecular weight excluding hydrogens is 416 g/mol. The zero-order valence-electron chi connectivity index (χ0n) is 18.8. The van der Waals surface area contributed by atoms with E-state index in [1.165, 1.54) is 9.80 Å². The number of rotatable bonds is 5. The molecule has 0 N–H and O–H groups in total. The van der Waals surface area contributed by atoms with E-state index in [1.807, 2.05) is 51.1 Å². The second-order valence-corrected chi connectivity index (χ2v) is 8.59. The summed E-state index contributed by atoms with van der Waals surface area (Å²) in [5.74, 6) is -1.58. The Kier molecular flexibility index (Phi) is 4.89. The van der Waals surface area contributed by atoms with Crippen molar-refractivity contribution in [3.05, 3.63) is 82.4 Å². The van der Waals surface area contributed by atoms with Gasteiger partial charge >= 0.3 is 0 Å². The Hall–Kier alpha value is -3.80. The molecule has 0 bridgehead atoms. The fourth-order valence-electron chi connectivity index (χ4n) is 5.13. The summed E-state index contributed by atoms with van der Waals surface area (Å²) in [4.78, 5) is 56.3. The van der Waals surface area contributed by atoms with Crippen molar-refractivity contribution in [1.29, 1.82) is 0 Å². The van der Waals surface area contributed by atoms with E-state index < -0.39 is 17.9 Å². The molecular formula is C27H24N2O4. The lowest BCUT2D eigenvalue weighted by molar-refractivity contribution is 0.0516. The van der Waals surface area contributed by atoms with Gasteiger partial charge in [0.2, 0.25) is 0 Å². The first kappa shape index (κ1) is 21.1. The van der Waals surface area contributed by atoms with Gasteiger partial charge in [-0.3, -0.25) is 29.0 Å². The highest BCUT2D eigenvalue weighted by molar-refractivity contribution is 6.33. The Bertz CT molecular complexity index is 1270. The maximum Gasteiger partial charge on any atom is 0.261 e. The molecule has 5 rings (SSSR count). The van der Waals surface area contributed by atoms with Gasteiger partial charge in [0.1, 0.15) is 0 Å². The fraction of sp³-hybridized carbons (Fsp3) is 0.259. The number of hydrogen-bond donors (Lipinski definition) is 0. The minimum Gasteiger partial charge on any atom is -0.271 e. The quantitative estimate of drug-likeness (QED) is 0.525. The number of benzene rings is 3. The van der Waals surface area contributed by atoms with Crippen LogP contribution in [-0.2, 0) is 0 Å². The van der Waals surface area contributed by atoms with Crippen LogP contribution in [0.2, 0.25) is 0 Å². The first-order valence-electron chi connectivity index (χ1n) is 11.3. The summed E-state index contributed by atoms with van der Waals surface area (Å²) in [6.07, 6.45) is 1.32. The van der Waals surface area contributed by atoms with E-state index in [0.29, 0.717) is 45.9 Å². The number of hydrogen-bond acceptors (Lipinski definition) is 4. The van der Waals surface area contributed by atoms with Crippen LogP contribution in [0.5, 0.6) is 0 Å². The molecule has 0 fully saturated rings. The van der Waals surface area contributed by atoms with Crippen molar-refractivity contribution in [1.82, 2.24) is 9.80 Å². The number of amides is 4. The maximum absolute atomic E-state index is 13.5. The smallest absolute Gasteiger partial charge is 0.261 e. The average molecular weight is 440 g/mol. The lowest BCUT2D eigenvalue weighted by Gasteiger charge is -2.36. The highest BCUT2D eigenvalue weighted by Crippen LogP contribution is 2.40. The third kappa shape index (κ3) is 2.86. The topological polar surface area (TPSA) is 74.8 Å². The Morgan fingerprint density at radius 1 is 0.606 bits per heavy atom. The number of imide groups is 2. The van der Waals surface area contributed by atoms with Crippen molar-refractivity contribution in [3.8, 4) is 0 Å². The molecule has 2 aliphatic heterocycles. The van der Waals surface area contributed by atoms with Crippen LogP contribution in [0.1, 0.15) is 86.7 Å². The zero-order valence-corrected chi connectivity index (χ0v) is 18.8. The van der Waals surface area contributed by atoms with Gasteiger partial charge in [0.15, 0.2) is 0 Å². The first-order valence-corrected chi connectivity index (χ1v) is 11.3. The van der Waals surface area contributed by atoms with Gasteiger partial charge in [-0.1, -0.05) is 44.2 Å². The van der Waals surface area contributed by atoms with Crippen LogP contribution in [-0.4, -0.2) is 39.5 Å². The molecule has 0 saturated carbocycles. The van der Waals surface area contributed by atoms with Gasteiger partial charge in [0.25, 0.3) is 23.6 Å². The molecule has 0 radical (unpaired) electrons. The van der Waals surface area contributed by atoms with Gasteiger partial charge in [-0.2, -0.15) is 0 Å². The molecule has 166 valence electrons. The molecule has 0 aromatic heterocycles. The number of carbonyl (C=O) groups excluding carboxylic acids is 4. The van der Waals surface area contributed by atoms with Crippen molar-refractivity contribution in [2.24, 2.45) is 0 Å². The Balaban J connectivity index is 1.69. The van der Waals surface area contributed by atoms with Crippen LogP contribution >= 0.6 is 0 Å². The molecule has 0 saturated heterocycles. The summed E-state index contributed by atoms with van der Waals surface area (Å²) in [6.45, 7) is 5.72. The SMILES string of the molecule is CCC(CC)N1C(=O)c2ccc3c4c(ccc(c24)C1=O)C(=O)N(C(C)c1ccccc1)C3=O. The molecule has 3 aromatic rings. The van der Waals surface area contributed by atoms with Crippen molar-refractivity contribution in [2.75, 3.05) is 0 Å². The number of carbonyl (C=O) groups is 4. The monoisotopic (exact) mass is 440 g/mol. The number of nitrogens with zero attached hydrogens (tertiary/aromatic N) is 2. The van der Waals surface area contributed by atoms with Gasteiger partial charge in [-0.25, -0.2) is 0 Å². The maximum atomic E-state index is 13.5. The third-order valence-electron chi connectivity index (χ3n) is 6.93. The van der Waals surface area contributed by atoms with Gasteiger partial charge < -0.3 is 0 Å². The summed E-state index contributed by atoms with van der Waals surface area (Å²) in [7, 11) is 0.